The van der Waals surface area contributed by atoms with Crippen molar-refractivity contribution in [2.24, 2.45) is 0 Å². The average molecular weight is 474 g/mol. The smallest absolute Gasteiger partial charge is 0.293 e. The maximum atomic E-state index is 12.5. The summed E-state index contributed by atoms with van der Waals surface area (Å²) in [4.78, 5) is 17.0. The number of furan rings is 1. The summed E-state index contributed by atoms with van der Waals surface area (Å²) in [6.07, 6.45) is 0. The van der Waals surface area contributed by atoms with Crippen LogP contribution in [0.2, 0.25) is 5.02 Å². The third-order valence-electron chi connectivity index (χ3n) is 4.30. The highest BCUT2D eigenvalue weighted by Crippen LogP contribution is 2.36. The molecule has 0 spiro atoms. The molecule has 0 bridgehead atoms. The summed E-state index contributed by atoms with van der Waals surface area (Å²) < 4.78 is 17.1. The Balaban J connectivity index is 1.45. The molecule has 2 aromatic carbocycles. The van der Waals surface area contributed by atoms with Gasteiger partial charge >= 0.3 is 0 Å². The fourth-order valence-corrected chi connectivity index (χ4v) is 4.12. The summed E-state index contributed by atoms with van der Waals surface area (Å²) in [5.41, 5.74) is 1.48. The van der Waals surface area contributed by atoms with Crippen LogP contribution in [0.5, 0.6) is 11.5 Å². The lowest BCUT2D eigenvalue weighted by atomic mass is 10.2. The van der Waals surface area contributed by atoms with Crippen molar-refractivity contribution in [1.29, 1.82) is 0 Å². The topological polar surface area (TPSA) is 85.6 Å². The Hall–Kier alpha value is -3.14. The van der Waals surface area contributed by atoms with E-state index in [1.54, 1.807) is 44.6 Å². The number of rotatable bonds is 5. The molecule has 4 aromatic rings. The standard InChI is InChI=1S/C21H16ClN3O4S2/c1-27-13-9-16(28-2)18-17(10-13)31-21(23-18)25-20(30)24-19(26)15-8-7-14(29-15)11-3-5-12(22)6-4-11/h3-10H,1-2H3,(H2,23,24,25,26,30). The van der Waals surface area contributed by atoms with Gasteiger partial charge in [-0.25, -0.2) is 4.98 Å². The number of benzene rings is 2. The molecule has 0 aliphatic heterocycles. The van der Waals surface area contributed by atoms with Crippen molar-refractivity contribution in [3.05, 3.63) is 59.3 Å². The van der Waals surface area contributed by atoms with Crippen LogP contribution in [0.3, 0.4) is 0 Å². The highest BCUT2D eigenvalue weighted by Gasteiger charge is 2.16. The highest BCUT2D eigenvalue weighted by molar-refractivity contribution is 7.80. The molecule has 31 heavy (non-hydrogen) atoms. The summed E-state index contributed by atoms with van der Waals surface area (Å²) in [5.74, 6) is 1.44. The molecule has 4 rings (SSSR count). The van der Waals surface area contributed by atoms with Gasteiger partial charge in [0.25, 0.3) is 5.91 Å². The molecule has 0 aliphatic carbocycles. The number of amides is 1. The third kappa shape index (κ3) is 4.63. The molecule has 2 N–H and O–H groups in total. The van der Waals surface area contributed by atoms with Crippen LogP contribution >= 0.6 is 35.2 Å². The lowest BCUT2D eigenvalue weighted by molar-refractivity contribution is 0.0951. The summed E-state index contributed by atoms with van der Waals surface area (Å²) >= 11 is 12.5. The number of thiocarbonyl (C=S) groups is 1. The summed E-state index contributed by atoms with van der Waals surface area (Å²) in [7, 11) is 3.14. The molecule has 0 atom stereocenters. The molecular formula is C21H16ClN3O4S2. The molecule has 158 valence electrons. The highest BCUT2D eigenvalue weighted by atomic mass is 35.5. The molecular weight excluding hydrogens is 458 g/mol. The zero-order chi connectivity index (χ0) is 22.0. The lowest BCUT2D eigenvalue weighted by Gasteiger charge is -2.05. The number of ether oxygens (including phenoxy) is 2. The van der Waals surface area contributed by atoms with Gasteiger partial charge in [0.2, 0.25) is 0 Å². The van der Waals surface area contributed by atoms with E-state index >= 15 is 0 Å². The molecule has 0 saturated carbocycles. The van der Waals surface area contributed by atoms with E-state index in [9.17, 15) is 4.79 Å². The molecule has 2 aromatic heterocycles. The van der Waals surface area contributed by atoms with E-state index in [1.165, 1.54) is 11.3 Å². The van der Waals surface area contributed by atoms with Crippen LogP contribution in [-0.4, -0.2) is 30.2 Å². The van der Waals surface area contributed by atoms with Crippen molar-refractivity contribution in [3.8, 4) is 22.8 Å². The first-order valence-electron chi connectivity index (χ1n) is 8.97. The van der Waals surface area contributed by atoms with Crippen LogP contribution in [0.25, 0.3) is 21.5 Å². The fourth-order valence-electron chi connectivity index (χ4n) is 2.82. The summed E-state index contributed by atoms with van der Waals surface area (Å²) in [6.45, 7) is 0. The molecule has 7 nitrogen and oxygen atoms in total. The lowest BCUT2D eigenvalue weighted by Crippen LogP contribution is -2.33. The van der Waals surface area contributed by atoms with Crippen molar-refractivity contribution >= 4 is 61.5 Å². The Morgan fingerprint density at radius 3 is 2.61 bits per heavy atom. The number of halogens is 1. The maximum absolute atomic E-state index is 12.5. The van der Waals surface area contributed by atoms with E-state index in [4.69, 9.17) is 37.7 Å². The number of carbonyl (C=O) groups excluding carboxylic acids is 1. The number of methoxy groups -OCH3 is 2. The van der Waals surface area contributed by atoms with Gasteiger partial charge in [0.1, 0.15) is 22.8 Å². The van der Waals surface area contributed by atoms with Crippen LogP contribution in [0.1, 0.15) is 10.6 Å². The van der Waals surface area contributed by atoms with E-state index in [1.807, 2.05) is 18.2 Å². The zero-order valence-electron chi connectivity index (χ0n) is 16.4. The van der Waals surface area contributed by atoms with E-state index < -0.39 is 5.91 Å². The Bertz CT molecular complexity index is 1270. The largest absolute Gasteiger partial charge is 0.497 e. The number of nitrogens with zero attached hydrogens (tertiary/aromatic N) is 1. The van der Waals surface area contributed by atoms with E-state index in [2.05, 4.69) is 15.6 Å². The molecule has 2 heterocycles. The van der Waals surface area contributed by atoms with Gasteiger partial charge in [-0.3, -0.25) is 10.1 Å². The van der Waals surface area contributed by atoms with Crippen molar-refractivity contribution < 1.29 is 18.7 Å². The number of thiazole rings is 1. The van der Waals surface area contributed by atoms with Crippen molar-refractivity contribution in [2.45, 2.75) is 0 Å². The predicted octanol–water partition coefficient (Wildman–Crippen LogP) is 5.35. The number of hydrogen-bond donors (Lipinski definition) is 2. The van der Waals surface area contributed by atoms with Crippen LogP contribution in [0, 0.1) is 0 Å². The van der Waals surface area contributed by atoms with Crippen molar-refractivity contribution in [1.82, 2.24) is 10.3 Å². The second kappa shape index (κ2) is 8.93. The first-order valence-corrected chi connectivity index (χ1v) is 10.6. The number of nitrogens with one attached hydrogen (secondary N) is 2. The molecule has 0 radical (unpaired) electrons. The minimum Gasteiger partial charge on any atom is -0.497 e. The number of carbonyl (C=O) groups is 1. The molecule has 0 aliphatic rings. The molecule has 0 unspecified atom stereocenters. The van der Waals surface area contributed by atoms with Crippen molar-refractivity contribution in [2.75, 3.05) is 19.5 Å². The van der Waals surface area contributed by atoms with Gasteiger partial charge in [-0.15, -0.1) is 0 Å². The normalized spacial score (nSPS) is 10.7. The monoisotopic (exact) mass is 473 g/mol. The Labute approximate surface area is 191 Å². The van der Waals surface area contributed by atoms with E-state index in [0.29, 0.717) is 32.9 Å². The van der Waals surface area contributed by atoms with Crippen LogP contribution in [0.15, 0.2) is 52.9 Å². The first kappa shape index (κ1) is 21.1. The molecule has 0 fully saturated rings. The second-order valence-corrected chi connectivity index (χ2v) is 8.15. The first-order chi connectivity index (χ1) is 15.0. The van der Waals surface area contributed by atoms with Gasteiger partial charge in [0, 0.05) is 16.7 Å². The van der Waals surface area contributed by atoms with Crippen LogP contribution in [0.4, 0.5) is 5.13 Å². The van der Waals surface area contributed by atoms with Gasteiger partial charge in [0.05, 0.1) is 18.9 Å². The van der Waals surface area contributed by atoms with Gasteiger partial charge in [-0.05, 0) is 54.7 Å². The number of aromatic nitrogens is 1. The zero-order valence-corrected chi connectivity index (χ0v) is 18.8. The summed E-state index contributed by atoms with van der Waals surface area (Å²) in [5, 5.41) is 6.74. The molecule has 0 saturated heterocycles. The van der Waals surface area contributed by atoms with Gasteiger partial charge in [-0.1, -0.05) is 22.9 Å². The predicted molar refractivity (Wildman–Crippen MR) is 126 cm³/mol. The van der Waals surface area contributed by atoms with Gasteiger partial charge in [0.15, 0.2) is 16.0 Å². The van der Waals surface area contributed by atoms with Crippen molar-refractivity contribution in [3.63, 3.8) is 0 Å². The van der Waals surface area contributed by atoms with Crippen LogP contribution < -0.4 is 20.1 Å². The minimum absolute atomic E-state index is 0.0967. The Kier molecular flexibility index (Phi) is 6.08. The van der Waals surface area contributed by atoms with E-state index in [-0.39, 0.29) is 10.9 Å². The second-order valence-electron chi connectivity index (χ2n) is 6.27. The Morgan fingerprint density at radius 1 is 1.13 bits per heavy atom. The average Bonchev–Trinajstić information content (AvgIpc) is 3.40. The van der Waals surface area contributed by atoms with Crippen LogP contribution in [-0.2, 0) is 0 Å². The number of hydrogen-bond acceptors (Lipinski definition) is 7. The molecule has 10 heteroatoms. The van der Waals surface area contributed by atoms with E-state index in [0.717, 1.165) is 10.3 Å². The maximum Gasteiger partial charge on any atom is 0.293 e. The summed E-state index contributed by atoms with van der Waals surface area (Å²) in [6, 6.07) is 14.0. The Morgan fingerprint density at radius 2 is 1.90 bits per heavy atom. The quantitative estimate of drug-likeness (QED) is 0.378. The third-order valence-corrected chi connectivity index (χ3v) is 5.67. The number of fused-ring (bicyclic) bond motifs is 1. The van der Waals surface area contributed by atoms with Gasteiger partial charge in [-0.2, -0.15) is 0 Å². The molecule has 1 amide bonds. The van der Waals surface area contributed by atoms with Gasteiger partial charge < -0.3 is 19.2 Å². The fraction of sp³-hybridized carbons (Fsp3) is 0.0952. The minimum atomic E-state index is -0.474. The number of anilines is 1. The SMILES string of the molecule is COc1cc(OC)c2nc(NC(=S)NC(=O)c3ccc(-c4ccc(Cl)cc4)o3)sc2c1.